The molecule has 21 heavy (non-hydrogen) atoms. The van der Waals surface area contributed by atoms with E-state index in [1.165, 1.54) is 0 Å². The van der Waals surface area contributed by atoms with Crippen molar-refractivity contribution in [2.75, 3.05) is 26.3 Å². The van der Waals surface area contributed by atoms with E-state index < -0.39 is 0 Å². The Balaban J connectivity index is 1.99. The van der Waals surface area contributed by atoms with Gasteiger partial charge in [-0.25, -0.2) is 9.67 Å². The lowest BCUT2D eigenvalue weighted by Gasteiger charge is -2.27. The van der Waals surface area contributed by atoms with Crippen LogP contribution in [-0.2, 0) is 4.74 Å². The van der Waals surface area contributed by atoms with Crippen LogP contribution in [0.25, 0.3) is 11.0 Å². The summed E-state index contributed by atoms with van der Waals surface area (Å²) in [7, 11) is 0. The largest absolute Gasteiger partial charge is 0.378 e. The number of carbonyl (C=O) groups is 1. The Morgan fingerprint density at radius 2 is 2.05 bits per heavy atom. The Labute approximate surface area is 123 Å². The third-order valence-corrected chi connectivity index (χ3v) is 3.78. The standard InChI is InChI=1S/C15H20N4O2/c1-10(2)19-14-12(9-16-19)8-13(11(3)17-14)15(20)18-4-6-21-7-5-18/h8-10H,4-7H2,1-3H3. The number of amides is 1. The summed E-state index contributed by atoms with van der Waals surface area (Å²) >= 11 is 0. The molecular weight excluding hydrogens is 268 g/mol. The Kier molecular flexibility index (Phi) is 3.63. The van der Waals surface area contributed by atoms with Crippen LogP contribution in [0, 0.1) is 6.92 Å². The summed E-state index contributed by atoms with van der Waals surface area (Å²) in [5, 5.41) is 5.27. The van der Waals surface area contributed by atoms with Crippen molar-refractivity contribution in [3.63, 3.8) is 0 Å². The Morgan fingerprint density at radius 1 is 1.33 bits per heavy atom. The normalized spacial score (nSPS) is 15.9. The van der Waals surface area contributed by atoms with E-state index >= 15 is 0 Å². The molecule has 1 saturated heterocycles. The van der Waals surface area contributed by atoms with E-state index in [-0.39, 0.29) is 11.9 Å². The number of morpholine rings is 1. The minimum atomic E-state index is 0.0301. The first-order chi connectivity index (χ1) is 10.1. The highest BCUT2D eigenvalue weighted by Crippen LogP contribution is 2.20. The average molecular weight is 288 g/mol. The topological polar surface area (TPSA) is 60.2 Å². The average Bonchev–Trinajstić information content (AvgIpc) is 2.89. The van der Waals surface area contributed by atoms with E-state index in [1.54, 1.807) is 6.20 Å². The third-order valence-electron chi connectivity index (χ3n) is 3.78. The first-order valence-corrected chi connectivity index (χ1v) is 7.30. The molecule has 112 valence electrons. The van der Waals surface area contributed by atoms with Crippen molar-refractivity contribution in [1.29, 1.82) is 0 Å². The minimum Gasteiger partial charge on any atom is -0.378 e. The second-order valence-corrected chi connectivity index (χ2v) is 5.62. The fraction of sp³-hybridized carbons (Fsp3) is 0.533. The van der Waals surface area contributed by atoms with Gasteiger partial charge in [0.25, 0.3) is 5.91 Å². The monoisotopic (exact) mass is 288 g/mol. The van der Waals surface area contributed by atoms with Crippen molar-refractivity contribution in [2.24, 2.45) is 0 Å². The molecule has 1 aliphatic heterocycles. The summed E-state index contributed by atoms with van der Waals surface area (Å²) in [6.07, 6.45) is 1.78. The molecule has 0 spiro atoms. The smallest absolute Gasteiger partial charge is 0.255 e. The van der Waals surface area contributed by atoms with Gasteiger partial charge >= 0.3 is 0 Å². The van der Waals surface area contributed by atoms with Crippen LogP contribution in [0.1, 0.15) is 35.9 Å². The van der Waals surface area contributed by atoms with Crippen molar-refractivity contribution in [3.05, 3.63) is 23.5 Å². The molecule has 0 aromatic carbocycles. The van der Waals surface area contributed by atoms with Crippen LogP contribution in [0.4, 0.5) is 0 Å². The zero-order valence-corrected chi connectivity index (χ0v) is 12.7. The first-order valence-electron chi connectivity index (χ1n) is 7.30. The molecule has 1 fully saturated rings. The molecule has 2 aromatic rings. The van der Waals surface area contributed by atoms with Crippen molar-refractivity contribution in [2.45, 2.75) is 26.8 Å². The summed E-state index contributed by atoms with van der Waals surface area (Å²) in [5.74, 6) is 0.0301. The lowest BCUT2D eigenvalue weighted by Crippen LogP contribution is -2.41. The maximum atomic E-state index is 12.6. The zero-order valence-electron chi connectivity index (χ0n) is 12.7. The molecule has 0 N–H and O–H groups in total. The summed E-state index contributed by atoms with van der Waals surface area (Å²) in [5.41, 5.74) is 2.25. The Morgan fingerprint density at radius 3 is 2.71 bits per heavy atom. The van der Waals surface area contributed by atoms with Gasteiger partial charge in [-0.05, 0) is 26.8 Å². The van der Waals surface area contributed by atoms with Crippen LogP contribution < -0.4 is 0 Å². The molecule has 1 aliphatic rings. The van der Waals surface area contributed by atoms with Gasteiger partial charge in [0.1, 0.15) is 0 Å². The van der Waals surface area contributed by atoms with E-state index in [0.29, 0.717) is 31.9 Å². The number of carbonyl (C=O) groups excluding carboxylic acids is 1. The minimum absolute atomic E-state index is 0.0301. The number of nitrogens with zero attached hydrogens (tertiary/aromatic N) is 4. The van der Waals surface area contributed by atoms with Gasteiger partial charge < -0.3 is 9.64 Å². The maximum Gasteiger partial charge on any atom is 0.255 e. The van der Waals surface area contributed by atoms with Crippen LogP contribution in [-0.4, -0.2) is 51.9 Å². The quantitative estimate of drug-likeness (QED) is 0.845. The third kappa shape index (κ3) is 2.51. The number of aromatic nitrogens is 3. The SMILES string of the molecule is Cc1nc2c(cnn2C(C)C)cc1C(=O)N1CCOCC1. The fourth-order valence-electron chi connectivity index (χ4n) is 2.60. The number of hydrogen-bond acceptors (Lipinski definition) is 4. The first kappa shape index (κ1) is 14.0. The molecule has 3 rings (SSSR count). The molecule has 6 nitrogen and oxygen atoms in total. The molecule has 3 heterocycles. The maximum absolute atomic E-state index is 12.6. The van der Waals surface area contributed by atoms with E-state index in [9.17, 15) is 4.79 Å². The molecule has 0 atom stereocenters. The molecule has 6 heteroatoms. The van der Waals surface area contributed by atoms with Gasteiger partial charge in [-0.15, -0.1) is 0 Å². The lowest BCUT2D eigenvalue weighted by molar-refractivity contribution is 0.0302. The highest BCUT2D eigenvalue weighted by molar-refractivity contribution is 5.98. The molecule has 2 aromatic heterocycles. The summed E-state index contributed by atoms with van der Waals surface area (Å²) < 4.78 is 7.17. The highest BCUT2D eigenvalue weighted by Gasteiger charge is 2.22. The van der Waals surface area contributed by atoms with Gasteiger partial charge in [0.05, 0.1) is 30.7 Å². The molecule has 0 aliphatic carbocycles. The van der Waals surface area contributed by atoms with Gasteiger partial charge in [-0.3, -0.25) is 4.79 Å². The van der Waals surface area contributed by atoms with Gasteiger partial charge in [0.2, 0.25) is 0 Å². The predicted octanol–water partition coefficient (Wildman–Crippen LogP) is 1.79. The number of rotatable bonds is 2. The van der Waals surface area contributed by atoms with Crippen molar-refractivity contribution < 1.29 is 9.53 Å². The Bertz CT molecular complexity index is 672. The van der Waals surface area contributed by atoms with Gasteiger partial charge in [-0.1, -0.05) is 0 Å². The molecule has 0 radical (unpaired) electrons. The lowest BCUT2D eigenvalue weighted by atomic mass is 10.1. The second kappa shape index (κ2) is 5.44. The zero-order chi connectivity index (χ0) is 15.0. The van der Waals surface area contributed by atoms with Crippen molar-refractivity contribution in [3.8, 4) is 0 Å². The van der Waals surface area contributed by atoms with Crippen LogP contribution in [0.5, 0.6) is 0 Å². The molecule has 0 bridgehead atoms. The number of ether oxygens (including phenoxy) is 1. The predicted molar refractivity (Wildman–Crippen MR) is 79.4 cm³/mol. The van der Waals surface area contributed by atoms with Crippen LogP contribution >= 0.6 is 0 Å². The van der Waals surface area contributed by atoms with Crippen LogP contribution in [0.3, 0.4) is 0 Å². The van der Waals surface area contributed by atoms with Gasteiger partial charge in [0, 0.05) is 24.5 Å². The van der Waals surface area contributed by atoms with Gasteiger partial charge in [0.15, 0.2) is 5.65 Å². The van der Waals surface area contributed by atoms with Gasteiger partial charge in [-0.2, -0.15) is 5.10 Å². The summed E-state index contributed by atoms with van der Waals surface area (Å²) in [4.78, 5) is 19.0. The highest BCUT2D eigenvalue weighted by atomic mass is 16.5. The molecule has 1 amide bonds. The van der Waals surface area contributed by atoms with E-state index in [1.807, 2.05) is 22.6 Å². The van der Waals surface area contributed by atoms with E-state index in [0.717, 1.165) is 16.7 Å². The second-order valence-electron chi connectivity index (χ2n) is 5.62. The summed E-state index contributed by atoms with van der Waals surface area (Å²) in [6.45, 7) is 8.50. The molecular formula is C15H20N4O2. The van der Waals surface area contributed by atoms with E-state index in [2.05, 4.69) is 23.9 Å². The van der Waals surface area contributed by atoms with Crippen LogP contribution in [0.15, 0.2) is 12.3 Å². The van der Waals surface area contributed by atoms with Crippen molar-refractivity contribution in [1.82, 2.24) is 19.7 Å². The molecule has 0 saturated carbocycles. The van der Waals surface area contributed by atoms with Crippen LogP contribution in [0.2, 0.25) is 0 Å². The van der Waals surface area contributed by atoms with Crippen molar-refractivity contribution >= 4 is 16.9 Å². The molecule has 0 unspecified atom stereocenters. The number of aryl methyl sites for hydroxylation is 1. The summed E-state index contributed by atoms with van der Waals surface area (Å²) in [6, 6.07) is 2.15. The number of pyridine rings is 1. The fourth-order valence-corrected chi connectivity index (χ4v) is 2.60. The Hall–Kier alpha value is -1.95. The van der Waals surface area contributed by atoms with E-state index in [4.69, 9.17) is 4.74 Å². The number of hydrogen-bond donors (Lipinski definition) is 0. The number of fused-ring (bicyclic) bond motifs is 1.